The Bertz CT molecular complexity index is 1180. The SMILES string of the molecule is COC(=O)C(CO)NP(=O)(OC[C@H]1O[C@@H](n2cc(C)c(=O)[nH]c2=O)[C@H](OC(C)=O)[C@@H]1OC(C)=O)OC(C)C. The number of nitrogens with one attached hydrogen (secondary N) is 2. The number of aliphatic hydroxyl groups excluding tert-OH is 1. The van der Waals surface area contributed by atoms with Gasteiger partial charge in [0.05, 0.1) is 26.4 Å². The van der Waals surface area contributed by atoms with Gasteiger partial charge in [0, 0.05) is 25.6 Å². The third-order valence-electron chi connectivity index (χ3n) is 5.05. The summed E-state index contributed by atoms with van der Waals surface area (Å²) >= 11 is 0. The zero-order valence-electron chi connectivity index (χ0n) is 21.7. The summed E-state index contributed by atoms with van der Waals surface area (Å²) in [6.07, 6.45) is -4.92. The summed E-state index contributed by atoms with van der Waals surface area (Å²) in [5, 5.41) is 11.8. The van der Waals surface area contributed by atoms with Crippen molar-refractivity contribution in [2.75, 3.05) is 20.3 Å². The van der Waals surface area contributed by atoms with Crippen molar-refractivity contribution >= 4 is 25.7 Å². The van der Waals surface area contributed by atoms with Gasteiger partial charge in [-0.1, -0.05) is 0 Å². The van der Waals surface area contributed by atoms with Gasteiger partial charge in [-0.15, -0.1) is 0 Å². The first-order valence-corrected chi connectivity index (χ1v) is 13.0. The number of hydrogen-bond donors (Lipinski definition) is 3. The van der Waals surface area contributed by atoms with E-state index in [0.717, 1.165) is 25.5 Å². The van der Waals surface area contributed by atoms with Crippen molar-refractivity contribution in [3.8, 4) is 0 Å². The molecule has 0 radical (unpaired) electrons. The van der Waals surface area contributed by atoms with Crippen LogP contribution in [0.3, 0.4) is 0 Å². The molecule has 1 aromatic rings. The summed E-state index contributed by atoms with van der Waals surface area (Å²) in [6, 6.07) is -1.47. The number of H-pyrrole nitrogens is 1. The molecule has 3 N–H and O–H groups in total. The van der Waals surface area contributed by atoms with E-state index in [-0.39, 0.29) is 5.56 Å². The first-order valence-electron chi connectivity index (χ1n) is 11.4. The van der Waals surface area contributed by atoms with Crippen LogP contribution in [0.5, 0.6) is 0 Å². The molecule has 1 aromatic heterocycles. The van der Waals surface area contributed by atoms with Gasteiger partial charge in [0.2, 0.25) is 0 Å². The molecule has 0 aliphatic carbocycles. The molecule has 0 bridgehead atoms. The summed E-state index contributed by atoms with van der Waals surface area (Å²) in [6.45, 7) is 5.25. The van der Waals surface area contributed by atoms with E-state index in [2.05, 4.69) is 14.8 Å². The van der Waals surface area contributed by atoms with Gasteiger partial charge < -0.3 is 24.1 Å². The minimum Gasteiger partial charge on any atom is -0.468 e. The third kappa shape index (κ3) is 8.06. The van der Waals surface area contributed by atoms with E-state index in [1.54, 1.807) is 0 Å². The highest BCUT2D eigenvalue weighted by atomic mass is 31.2. The lowest BCUT2D eigenvalue weighted by molar-refractivity contribution is -0.165. The van der Waals surface area contributed by atoms with Crippen molar-refractivity contribution in [3.63, 3.8) is 0 Å². The Morgan fingerprint density at radius 2 is 1.79 bits per heavy atom. The Morgan fingerprint density at radius 3 is 2.32 bits per heavy atom. The van der Waals surface area contributed by atoms with Crippen LogP contribution in [0.4, 0.5) is 0 Å². The predicted molar refractivity (Wildman–Crippen MR) is 127 cm³/mol. The maximum atomic E-state index is 13.4. The number of aryl methyl sites for hydroxylation is 1. The average molecular weight is 565 g/mol. The maximum Gasteiger partial charge on any atom is 0.406 e. The quantitative estimate of drug-likeness (QED) is 0.162. The Kier molecular flexibility index (Phi) is 10.9. The van der Waals surface area contributed by atoms with Crippen molar-refractivity contribution in [3.05, 3.63) is 32.6 Å². The molecule has 214 valence electrons. The first kappa shape index (κ1) is 31.3. The van der Waals surface area contributed by atoms with Crippen LogP contribution in [0.2, 0.25) is 0 Å². The summed E-state index contributed by atoms with van der Waals surface area (Å²) in [5.41, 5.74) is -1.41. The number of methoxy groups -OCH3 is 1. The van der Waals surface area contributed by atoms with Crippen LogP contribution < -0.4 is 16.3 Å². The van der Waals surface area contributed by atoms with Crippen LogP contribution in [0.1, 0.15) is 39.5 Å². The average Bonchev–Trinajstić information content (AvgIpc) is 3.13. The standard InChI is InChI=1S/C21H32N3O13P/c1-10(2)37-38(31,23-14(8-25)20(29)32-6)33-9-15-16(34-12(4)26)17(35-13(5)27)19(36-15)24-7-11(3)18(28)22-21(24)30/h7,10,14-17,19,25H,8-9H2,1-6H3,(H,23,31)(H,22,28,30)/t14?,15-,16-,17-,19-,38?/m1/s1. The number of carbonyl (C=O) groups is 3. The van der Waals surface area contributed by atoms with Gasteiger partial charge in [-0.05, 0) is 20.8 Å². The zero-order valence-corrected chi connectivity index (χ0v) is 22.6. The molecular weight excluding hydrogens is 533 g/mol. The molecule has 38 heavy (non-hydrogen) atoms. The minimum absolute atomic E-state index is 0.135. The molecule has 16 nitrogen and oxygen atoms in total. The molecule has 2 rings (SSSR count). The number of ether oxygens (including phenoxy) is 4. The highest BCUT2D eigenvalue weighted by molar-refractivity contribution is 7.51. The van der Waals surface area contributed by atoms with Crippen LogP contribution in [-0.2, 0) is 46.9 Å². The van der Waals surface area contributed by atoms with Gasteiger partial charge >= 0.3 is 31.3 Å². The molecule has 0 saturated carbocycles. The Morgan fingerprint density at radius 1 is 1.18 bits per heavy atom. The highest BCUT2D eigenvalue weighted by Gasteiger charge is 2.51. The van der Waals surface area contributed by atoms with Crippen molar-refractivity contribution in [1.82, 2.24) is 14.6 Å². The van der Waals surface area contributed by atoms with E-state index in [0.29, 0.717) is 0 Å². The fraction of sp³-hybridized carbons (Fsp3) is 0.667. The number of carbonyl (C=O) groups excluding carboxylic acids is 3. The number of esters is 3. The third-order valence-corrected chi connectivity index (χ3v) is 6.87. The van der Waals surface area contributed by atoms with Crippen molar-refractivity contribution in [1.29, 1.82) is 0 Å². The van der Waals surface area contributed by atoms with Gasteiger partial charge in [0.15, 0.2) is 18.4 Å². The largest absolute Gasteiger partial charge is 0.468 e. The van der Waals surface area contributed by atoms with Gasteiger partial charge in [-0.25, -0.2) is 14.4 Å². The van der Waals surface area contributed by atoms with E-state index in [4.69, 9.17) is 23.3 Å². The molecule has 1 saturated heterocycles. The molecule has 17 heteroatoms. The number of nitrogens with zero attached hydrogens (tertiary/aromatic N) is 1. The van der Waals surface area contributed by atoms with Crippen LogP contribution in [0, 0.1) is 6.92 Å². The summed E-state index contributed by atoms with van der Waals surface area (Å²) in [5.74, 6) is -2.53. The zero-order chi connectivity index (χ0) is 28.8. The van der Waals surface area contributed by atoms with Gasteiger partial charge in [0.1, 0.15) is 12.1 Å². The maximum absolute atomic E-state index is 13.4. The summed E-state index contributed by atoms with van der Waals surface area (Å²) in [4.78, 5) is 62.1. The lowest BCUT2D eigenvalue weighted by Crippen LogP contribution is -2.43. The Balaban J connectivity index is 2.44. The van der Waals surface area contributed by atoms with E-state index in [1.807, 2.05) is 0 Å². The first-order chi connectivity index (χ1) is 17.7. The monoisotopic (exact) mass is 565 g/mol. The van der Waals surface area contributed by atoms with E-state index >= 15 is 0 Å². The summed E-state index contributed by atoms with van der Waals surface area (Å²) in [7, 11) is -3.28. The fourth-order valence-electron chi connectivity index (χ4n) is 3.54. The van der Waals surface area contributed by atoms with E-state index in [1.165, 1.54) is 27.0 Å². The molecule has 2 heterocycles. The second-order valence-electron chi connectivity index (χ2n) is 8.53. The van der Waals surface area contributed by atoms with Crippen molar-refractivity contribution in [2.24, 2.45) is 0 Å². The van der Waals surface area contributed by atoms with Crippen LogP contribution in [-0.4, -0.2) is 83.3 Å². The second-order valence-corrected chi connectivity index (χ2v) is 10.2. The normalized spacial score (nSPS) is 23.5. The van der Waals surface area contributed by atoms with Crippen molar-refractivity contribution < 1.29 is 52.1 Å². The van der Waals surface area contributed by atoms with Gasteiger partial charge in [0.25, 0.3) is 5.56 Å². The lowest BCUT2D eigenvalue weighted by atomic mass is 10.1. The molecule has 6 atom stereocenters. The number of aromatic amines is 1. The minimum atomic E-state index is -4.35. The number of aliphatic hydroxyl groups is 1. The van der Waals surface area contributed by atoms with Gasteiger partial charge in [-0.2, -0.15) is 0 Å². The Hall–Kier alpha value is -2.88. The molecule has 1 aliphatic rings. The smallest absolute Gasteiger partial charge is 0.406 e. The topological polar surface area (TPSA) is 211 Å². The summed E-state index contributed by atoms with van der Waals surface area (Å²) < 4.78 is 46.2. The molecule has 0 aromatic carbocycles. The lowest BCUT2D eigenvalue weighted by Gasteiger charge is -2.27. The van der Waals surface area contributed by atoms with Crippen LogP contribution in [0.15, 0.2) is 15.8 Å². The molecule has 0 amide bonds. The molecule has 1 fully saturated rings. The van der Waals surface area contributed by atoms with E-state index < -0.39 is 86.8 Å². The van der Waals surface area contributed by atoms with Gasteiger partial charge in [-0.3, -0.25) is 37.8 Å². The number of rotatable bonds is 12. The molecule has 2 unspecified atom stereocenters. The second kappa shape index (κ2) is 13.3. The van der Waals surface area contributed by atoms with Crippen LogP contribution in [0.25, 0.3) is 0 Å². The molecular formula is C21H32N3O13P. The number of hydrogen-bond acceptors (Lipinski definition) is 13. The van der Waals surface area contributed by atoms with E-state index in [9.17, 15) is 33.6 Å². The number of aromatic nitrogens is 2. The Labute approximate surface area is 217 Å². The van der Waals surface area contributed by atoms with Crippen LogP contribution >= 0.6 is 7.75 Å². The molecule has 0 spiro atoms. The van der Waals surface area contributed by atoms with Crippen molar-refractivity contribution in [2.45, 2.75) is 71.3 Å². The highest BCUT2D eigenvalue weighted by Crippen LogP contribution is 2.47. The predicted octanol–water partition coefficient (Wildman–Crippen LogP) is -0.721. The fourth-order valence-corrected chi connectivity index (χ4v) is 5.20. The molecule has 1 aliphatic heterocycles.